The first-order valence-corrected chi connectivity index (χ1v) is 6.85. The number of nitrogen functional groups attached to an aromatic ring is 1. The molecule has 0 bridgehead atoms. The van der Waals surface area contributed by atoms with Gasteiger partial charge in [0.15, 0.2) is 0 Å². The van der Waals surface area contributed by atoms with E-state index in [2.05, 4.69) is 61.2 Å². The van der Waals surface area contributed by atoms with Crippen LogP contribution in [-0.4, -0.2) is 6.54 Å². The van der Waals surface area contributed by atoms with Gasteiger partial charge in [-0.2, -0.15) is 0 Å². The summed E-state index contributed by atoms with van der Waals surface area (Å²) < 4.78 is 0. The highest BCUT2D eigenvalue weighted by Crippen LogP contribution is 2.24. The first-order chi connectivity index (χ1) is 9.20. The van der Waals surface area contributed by atoms with Crippen molar-refractivity contribution < 1.29 is 0 Å². The zero-order chi connectivity index (χ0) is 13.7. The van der Waals surface area contributed by atoms with Gasteiger partial charge in [-0.1, -0.05) is 43.3 Å². The Morgan fingerprint density at radius 1 is 1.05 bits per heavy atom. The molecule has 0 atom stereocenters. The summed E-state index contributed by atoms with van der Waals surface area (Å²) in [5.41, 5.74) is 10.6. The lowest BCUT2D eigenvalue weighted by molar-refractivity contribution is 0.765. The minimum atomic E-state index is 0.828. The third-order valence-electron chi connectivity index (χ3n) is 3.28. The summed E-state index contributed by atoms with van der Waals surface area (Å²) in [5.74, 6) is 0. The SMILES string of the molecule is CCCN(Cc1ccccc1)c1cc(N)ccc1C. The second-order valence-electron chi connectivity index (χ2n) is 4.95. The third kappa shape index (κ3) is 3.50. The van der Waals surface area contributed by atoms with Gasteiger partial charge in [-0.05, 0) is 36.6 Å². The lowest BCUT2D eigenvalue weighted by Gasteiger charge is -2.26. The number of hydrogen-bond donors (Lipinski definition) is 1. The van der Waals surface area contributed by atoms with Crippen molar-refractivity contribution in [3.05, 3.63) is 59.7 Å². The molecule has 2 aromatic carbocycles. The van der Waals surface area contributed by atoms with Crippen LogP contribution >= 0.6 is 0 Å². The van der Waals surface area contributed by atoms with E-state index in [9.17, 15) is 0 Å². The Labute approximate surface area is 115 Å². The van der Waals surface area contributed by atoms with Gasteiger partial charge in [0.1, 0.15) is 0 Å². The molecule has 0 aliphatic heterocycles. The molecule has 0 amide bonds. The number of nitrogens with zero attached hydrogens (tertiary/aromatic N) is 1. The van der Waals surface area contributed by atoms with E-state index in [0.29, 0.717) is 0 Å². The lowest BCUT2D eigenvalue weighted by atomic mass is 10.1. The lowest BCUT2D eigenvalue weighted by Crippen LogP contribution is -2.24. The van der Waals surface area contributed by atoms with Gasteiger partial charge < -0.3 is 10.6 Å². The fraction of sp³-hybridized carbons (Fsp3) is 0.294. The van der Waals surface area contributed by atoms with Gasteiger partial charge in [-0.15, -0.1) is 0 Å². The highest BCUT2D eigenvalue weighted by atomic mass is 15.1. The van der Waals surface area contributed by atoms with Gasteiger partial charge in [0.05, 0.1) is 0 Å². The number of nitrogens with two attached hydrogens (primary N) is 1. The summed E-state index contributed by atoms with van der Waals surface area (Å²) >= 11 is 0. The van der Waals surface area contributed by atoms with Gasteiger partial charge in [0.2, 0.25) is 0 Å². The maximum Gasteiger partial charge on any atom is 0.0429 e. The summed E-state index contributed by atoms with van der Waals surface area (Å²) in [6, 6.07) is 16.7. The monoisotopic (exact) mass is 254 g/mol. The molecule has 0 aromatic heterocycles. The van der Waals surface area contributed by atoms with Gasteiger partial charge in [0.25, 0.3) is 0 Å². The predicted molar refractivity (Wildman–Crippen MR) is 83.4 cm³/mol. The van der Waals surface area contributed by atoms with Gasteiger partial charge in [0, 0.05) is 24.5 Å². The fourth-order valence-electron chi connectivity index (χ4n) is 2.33. The van der Waals surface area contributed by atoms with Crippen LogP contribution in [0.25, 0.3) is 0 Å². The molecule has 0 fully saturated rings. The number of anilines is 2. The minimum absolute atomic E-state index is 0.828. The highest BCUT2D eigenvalue weighted by molar-refractivity contribution is 5.61. The van der Waals surface area contributed by atoms with Gasteiger partial charge in [-0.3, -0.25) is 0 Å². The van der Waals surface area contributed by atoms with Crippen LogP contribution in [-0.2, 0) is 6.54 Å². The van der Waals surface area contributed by atoms with E-state index in [1.54, 1.807) is 0 Å². The van der Waals surface area contributed by atoms with Crippen molar-refractivity contribution in [3.8, 4) is 0 Å². The summed E-state index contributed by atoms with van der Waals surface area (Å²) in [5, 5.41) is 0. The van der Waals surface area contributed by atoms with Crippen LogP contribution in [0.2, 0.25) is 0 Å². The molecular weight excluding hydrogens is 232 g/mol. The molecule has 0 aliphatic carbocycles. The van der Waals surface area contributed by atoms with E-state index in [1.807, 2.05) is 6.07 Å². The van der Waals surface area contributed by atoms with Crippen molar-refractivity contribution in [1.29, 1.82) is 0 Å². The van der Waals surface area contributed by atoms with Crippen LogP contribution in [0, 0.1) is 6.92 Å². The second-order valence-corrected chi connectivity index (χ2v) is 4.95. The molecule has 0 saturated heterocycles. The van der Waals surface area contributed by atoms with E-state index in [4.69, 9.17) is 5.73 Å². The van der Waals surface area contributed by atoms with Gasteiger partial charge >= 0.3 is 0 Å². The summed E-state index contributed by atoms with van der Waals surface area (Å²) in [6.07, 6.45) is 1.13. The van der Waals surface area contributed by atoms with Gasteiger partial charge in [-0.25, -0.2) is 0 Å². The molecule has 2 nitrogen and oxygen atoms in total. The van der Waals surface area contributed by atoms with Crippen LogP contribution in [0.15, 0.2) is 48.5 Å². The van der Waals surface area contributed by atoms with E-state index >= 15 is 0 Å². The van der Waals surface area contributed by atoms with Crippen LogP contribution in [0.4, 0.5) is 11.4 Å². The molecule has 0 radical (unpaired) electrons. The molecule has 19 heavy (non-hydrogen) atoms. The van der Waals surface area contributed by atoms with Crippen LogP contribution < -0.4 is 10.6 Å². The smallest absolute Gasteiger partial charge is 0.0429 e. The van der Waals surface area contributed by atoms with Crippen LogP contribution in [0.3, 0.4) is 0 Å². The van der Waals surface area contributed by atoms with Crippen molar-refractivity contribution in [2.45, 2.75) is 26.8 Å². The Hall–Kier alpha value is -1.96. The quantitative estimate of drug-likeness (QED) is 0.817. The molecule has 100 valence electrons. The molecule has 0 saturated carbocycles. The zero-order valence-electron chi connectivity index (χ0n) is 11.8. The van der Waals surface area contributed by atoms with Crippen LogP contribution in [0.1, 0.15) is 24.5 Å². The highest BCUT2D eigenvalue weighted by Gasteiger charge is 2.09. The summed E-state index contributed by atoms with van der Waals surface area (Å²) in [7, 11) is 0. The topological polar surface area (TPSA) is 29.3 Å². The molecule has 2 aromatic rings. The first kappa shape index (κ1) is 13.5. The Kier molecular flexibility index (Phi) is 4.45. The van der Waals surface area contributed by atoms with E-state index in [-0.39, 0.29) is 0 Å². The van der Waals surface area contributed by atoms with Crippen molar-refractivity contribution >= 4 is 11.4 Å². The average Bonchev–Trinajstić information content (AvgIpc) is 2.42. The van der Waals surface area contributed by atoms with E-state index in [1.165, 1.54) is 16.8 Å². The molecule has 0 heterocycles. The van der Waals surface area contributed by atoms with Crippen molar-refractivity contribution in [1.82, 2.24) is 0 Å². The number of aryl methyl sites for hydroxylation is 1. The molecule has 0 aliphatic rings. The van der Waals surface area contributed by atoms with E-state index < -0.39 is 0 Å². The predicted octanol–water partition coefficient (Wildman–Crippen LogP) is 3.99. The molecular formula is C17H22N2. The normalized spacial score (nSPS) is 10.4. The molecule has 0 unspecified atom stereocenters. The Bertz CT molecular complexity index is 520. The largest absolute Gasteiger partial charge is 0.399 e. The summed E-state index contributed by atoms with van der Waals surface area (Å²) in [4.78, 5) is 2.40. The van der Waals surface area contributed by atoms with Crippen LogP contribution in [0.5, 0.6) is 0 Å². The van der Waals surface area contributed by atoms with E-state index in [0.717, 1.165) is 25.2 Å². The first-order valence-electron chi connectivity index (χ1n) is 6.85. The van der Waals surface area contributed by atoms with Crippen molar-refractivity contribution in [3.63, 3.8) is 0 Å². The number of rotatable bonds is 5. The average molecular weight is 254 g/mol. The number of hydrogen-bond acceptors (Lipinski definition) is 2. The maximum absolute atomic E-state index is 5.93. The standard InChI is InChI=1S/C17H22N2/c1-3-11-19(13-15-7-5-4-6-8-15)17-12-16(18)10-9-14(17)2/h4-10,12H,3,11,13,18H2,1-2H3. The maximum atomic E-state index is 5.93. The third-order valence-corrected chi connectivity index (χ3v) is 3.28. The summed E-state index contributed by atoms with van der Waals surface area (Å²) in [6.45, 7) is 6.32. The van der Waals surface area contributed by atoms with Crippen molar-refractivity contribution in [2.24, 2.45) is 0 Å². The second kappa shape index (κ2) is 6.28. The Balaban J connectivity index is 2.27. The Morgan fingerprint density at radius 2 is 1.79 bits per heavy atom. The molecule has 2 N–H and O–H groups in total. The van der Waals surface area contributed by atoms with Crippen molar-refractivity contribution in [2.75, 3.05) is 17.2 Å². The fourth-order valence-corrected chi connectivity index (χ4v) is 2.33. The molecule has 0 spiro atoms. The zero-order valence-corrected chi connectivity index (χ0v) is 11.8. The molecule has 2 rings (SSSR count). The number of benzene rings is 2. The minimum Gasteiger partial charge on any atom is -0.399 e. The molecule has 2 heteroatoms. The Morgan fingerprint density at radius 3 is 2.47 bits per heavy atom.